The van der Waals surface area contributed by atoms with Crippen molar-refractivity contribution in [1.29, 1.82) is 0 Å². The van der Waals surface area contributed by atoms with E-state index in [9.17, 15) is 4.79 Å². The van der Waals surface area contributed by atoms with Gasteiger partial charge in [-0.2, -0.15) is 0 Å². The van der Waals surface area contributed by atoms with Gasteiger partial charge >= 0.3 is 6.03 Å². The number of ether oxygens (including phenoxy) is 2. The summed E-state index contributed by atoms with van der Waals surface area (Å²) in [5, 5.41) is 2.88. The lowest BCUT2D eigenvalue weighted by atomic mass is 10.2. The van der Waals surface area contributed by atoms with E-state index in [4.69, 9.17) is 9.47 Å². The Balaban J connectivity index is 1.49. The van der Waals surface area contributed by atoms with Gasteiger partial charge in [-0.25, -0.2) is 4.79 Å². The third-order valence-corrected chi connectivity index (χ3v) is 3.81. The minimum atomic E-state index is -0.184. The van der Waals surface area contributed by atoms with Crippen molar-refractivity contribution in [1.82, 2.24) is 15.2 Å². The smallest absolute Gasteiger partial charge is 0.317 e. The lowest BCUT2D eigenvalue weighted by Crippen LogP contribution is -2.45. The number of fused-ring (bicyclic) bond motifs is 1. The fraction of sp³-hybridized carbons (Fsp3) is 0.333. The molecule has 6 heteroatoms. The SMILES string of the molecule is Cc1ccc(CNC(=O)N(C)CC2COc3ccccc3O2)cn1. The molecule has 3 rings (SSSR count). The van der Waals surface area contributed by atoms with Gasteiger partial charge in [-0.1, -0.05) is 18.2 Å². The summed E-state index contributed by atoms with van der Waals surface area (Å²) in [6.07, 6.45) is 1.58. The van der Waals surface area contributed by atoms with Crippen LogP contribution >= 0.6 is 0 Å². The Morgan fingerprint density at radius 3 is 2.83 bits per heavy atom. The molecule has 1 atom stereocenters. The lowest BCUT2D eigenvalue weighted by Gasteiger charge is -2.29. The Morgan fingerprint density at radius 2 is 2.08 bits per heavy atom. The molecular formula is C18H21N3O3. The van der Waals surface area contributed by atoms with E-state index in [2.05, 4.69) is 10.3 Å². The first-order valence-electron chi connectivity index (χ1n) is 7.91. The van der Waals surface area contributed by atoms with Gasteiger partial charge in [-0.3, -0.25) is 4.98 Å². The largest absolute Gasteiger partial charge is 0.486 e. The maximum Gasteiger partial charge on any atom is 0.317 e. The zero-order chi connectivity index (χ0) is 16.9. The minimum Gasteiger partial charge on any atom is -0.486 e. The van der Waals surface area contributed by atoms with Crippen molar-refractivity contribution in [3.05, 3.63) is 53.9 Å². The van der Waals surface area contributed by atoms with Gasteiger partial charge in [0.05, 0.1) is 6.54 Å². The van der Waals surface area contributed by atoms with Crippen LogP contribution in [-0.2, 0) is 6.54 Å². The quantitative estimate of drug-likeness (QED) is 0.936. The average molecular weight is 327 g/mol. The molecule has 1 unspecified atom stereocenters. The van der Waals surface area contributed by atoms with E-state index in [1.54, 1.807) is 18.1 Å². The molecule has 1 N–H and O–H groups in total. The number of likely N-dealkylation sites (N-methyl/N-ethyl adjacent to an activating group) is 1. The van der Waals surface area contributed by atoms with Crippen molar-refractivity contribution in [3.63, 3.8) is 0 Å². The zero-order valence-electron chi connectivity index (χ0n) is 13.9. The van der Waals surface area contributed by atoms with Crippen LogP contribution in [0.1, 0.15) is 11.3 Å². The first-order chi connectivity index (χ1) is 11.6. The number of nitrogens with one attached hydrogen (secondary N) is 1. The van der Waals surface area contributed by atoms with Crippen LogP contribution in [0.2, 0.25) is 0 Å². The topological polar surface area (TPSA) is 63.7 Å². The standard InChI is InChI=1S/C18H21N3O3/c1-13-7-8-14(9-19-13)10-20-18(22)21(2)11-15-12-23-16-5-3-4-6-17(16)24-15/h3-9,15H,10-12H2,1-2H3,(H,20,22). The summed E-state index contributed by atoms with van der Waals surface area (Å²) in [6, 6.07) is 11.3. The van der Waals surface area contributed by atoms with E-state index in [1.807, 2.05) is 43.3 Å². The van der Waals surface area contributed by atoms with Crippen molar-refractivity contribution in [2.45, 2.75) is 19.6 Å². The molecule has 0 spiro atoms. The average Bonchev–Trinajstić information content (AvgIpc) is 2.61. The number of aryl methyl sites for hydroxylation is 1. The second kappa shape index (κ2) is 7.21. The number of nitrogens with zero attached hydrogens (tertiary/aromatic N) is 2. The summed E-state index contributed by atoms with van der Waals surface area (Å²) in [6.45, 7) is 3.25. The van der Waals surface area contributed by atoms with E-state index < -0.39 is 0 Å². The molecule has 1 aromatic carbocycles. The Labute approximate surface area is 141 Å². The normalized spacial score (nSPS) is 15.7. The number of carbonyl (C=O) groups excluding carboxylic acids is 1. The summed E-state index contributed by atoms with van der Waals surface area (Å²) in [4.78, 5) is 18.0. The molecule has 1 aliphatic rings. The van der Waals surface area contributed by atoms with Crippen LogP contribution in [0.4, 0.5) is 4.79 Å². The number of pyridine rings is 1. The Kier molecular flexibility index (Phi) is 4.84. The Bertz CT molecular complexity index is 703. The highest BCUT2D eigenvalue weighted by molar-refractivity contribution is 5.73. The molecular weight excluding hydrogens is 306 g/mol. The number of benzene rings is 1. The summed E-state index contributed by atoms with van der Waals surface area (Å²) in [5.74, 6) is 1.46. The molecule has 2 amide bonds. The molecule has 126 valence electrons. The highest BCUT2D eigenvalue weighted by Crippen LogP contribution is 2.30. The number of hydrogen-bond acceptors (Lipinski definition) is 4. The predicted molar refractivity (Wildman–Crippen MR) is 90.2 cm³/mol. The fourth-order valence-corrected chi connectivity index (χ4v) is 2.46. The third kappa shape index (κ3) is 3.95. The van der Waals surface area contributed by atoms with Gasteiger partial charge in [0.2, 0.25) is 0 Å². The lowest BCUT2D eigenvalue weighted by molar-refractivity contribution is 0.0715. The van der Waals surface area contributed by atoms with Crippen LogP contribution in [0.25, 0.3) is 0 Å². The highest BCUT2D eigenvalue weighted by atomic mass is 16.6. The third-order valence-electron chi connectivity index (χ3n) is 3.81. The number of carbonyl (C=O) groups is 1. The molecule has 0 saturated carbocycles. The van der Waals surface area contributed by atoms with Gasteiger partial charge < -0.3 is 19.7 Å². The summed E-state index contributed by atoms with van der Waals surface area (Å²) in [7, 11) is 1.74. The monoisotopic (exact) mass is 327 g/mol. The maximum atomic E-state index is 12.2. The van der Waals surface area contributed by atoms with Crippen LogP contribution in [-0.4, -0.2) is 42.2 Å². The first-order valence-corrected chi connectivity index (χ1v) is 7.91. The molecule has 24 heavy (non-hydrogen) atoms. The van der Waals surface area contributed by atoms with Crippen molar-refractivity contribution < 1.29 is 14.3 Å². The van der Waals surface area contributed by atoms with Crippen molar-refractivity contribution >= 4 is 6.03 Å². The van der Waals surface area contributed by atoms with E-state index in [0.717, 1.165) is 17.0 Å². The molecule has 0 aliphatic carbocycles. The van der Waals surface area contributed by atoms with E-state index in [0.29, 0.717) is 25.4 Å². The van der Waals surface area contributed by atoms with Gasteiger partial charge in [0.25, 0.3) is 0 Å². The first kappa shape index (κ1) is 16.1. The predicted octanol–water partition coefficient (Wildman–Crippen LogP) is 2.37. The molecule has 1 aliphatic heterocycles. The van der Waals surface area contributed by atoms with Gasteiger partial charge in [-0.05, 0) is 30.7 Å². The number of amides is 2. The van der Waals surface area contributed by atoms with Crippen LogP contribution in [0, 0.1) is 6.92 Å². The fourth-order valence-electron chi connectivity index (χ4n) is 2.46. The molecule has 6 nitrogen and oxygen atoms in total. The highest BCUT2D eigenvalue weighted by Gasteiger charge is 2.23. The molecule has 0 saturated heterocycles. The van der Waals surface area contributed by atoms with Gasteiger partial charge in [-0.15, -0.1) is 0 Å². The van der Waals surface area contributed by atoms with E-state index in [1.165, 1.54) is 0 Å². The van der Waals surface area contributed by atoms with E-state index >= 15 is 0 Å². The molecule has 0 radical (unpaired) electrons. The second-order valence-electron chi connectivity index (χ2n) is 5.84. The zero-order valence-corrected chi connectivity index (χ0v) is 13.9. The van der Waals surface area contributed by atoms with Gasteiger partial charge in [0.15, 0.2) is 17.6 Å². The number of rotatable bonds is 4. The van der Waals surface area contributed by atoms with Gasteiger partial charge in [0.1, 0.15) is 6.61 Å². The Hall–Kier alpha value is -2.76. The maximum absolute atomic E-state index is 12.2. The summed E-state index contributed by atoms with van der Waals surface area (Å²) >= 11 is 0. The number of hydrogen-bond donors (Lipinski definition) is 1. The van der Waals surface area contributed by atoms with Crippen LogP contribution < -0.4 is 14.8 Å². The Morgan fingerprint density at radius 1 is 1.29 bits per heavy atom. The molecule has 2 heterocycles. The summed E-state index contributed by atoms with van der Waals surface area (Å²) < 4.78 is 11.5. The van der Waals surface area contributed by atoms with Crippen molar-refractivity contribution in [2.75, 3.05) is 20.2 Å². The van der Waals surface area contributed by atoms with Crippen LogP contribution in [0.15, 0.2) is 42.6 Å². The number of aromatic nitrogens is 1. The second-order valence-corrected chi connectivity index (χ2v) is 5.84. The van der Waals surface area contributed by atoms with Crippen LogP contribution in [0.3, 0.4) is 0 Å². The van der Waals surface area contributed by atoms with E-state index in [-0.39, 0.29) is 12.1 Å². The molecule has 0 bridgehead atoms. The molecule has 2 aromatic rings. The minimum absolute atomic E-state index is 0.155. The molecule has 0 fully saturated rings. The van der Waals surface area contributed by atoms with Crippen LogP contribution in [0.5, 0.6) is 11.5 Å². The van der Waals surface area contributed by atoms with Gasteiger partial charge in [0, 0.05) is 25.5 Å². The van der Waals surface area contributed by atoms with Crippen molar-refractivity contribution in [3.8, 4) is 11.5 Å². The molecule has 1 aromatic heterocycles. The summed E-state index contributed by atoms with van der Waals surface area (Å²) in [5.41, 5.74) is 1.92. The number of para-hydroxylation sites is 2. The van der Waals surface area contributed by atoms with Crippen molar-refractivity contribution in [2.24, 2.45) is 0 Å². The number of urea groups is 1.